The third-order valence-electron chi connectivity index (χ3n) is 4.88. The molecule has 23 heavy (non-hydrogen) atoms. The first kappa shape index (κ1) is 18.1. The average molecular weight is 492 g/mol. The van der Waals surface area contributed by atoms with Gasteiger partial charge in [-0.1, -0.05) is 0 Å². The van der Waals surface area contributed by atoms with Gasteiger partial charge in [-0.25, -0.2) is 0 Å². The molecule has 3 aromatic rings. The molecule has 0 aliphatic carbocycles. The van der Waals surface area contributed by atoms with E-state index in [2.05, 4.69) is 73.4 Å². The van der Waals surface area contributed by atoms with Crippen LogP contribution >= 0.6 is 38.6 Å². The molecule has 0 spiro atoms. The van der Waals surface area contributed by atoms with Crippen molar-refractivity contribution in [3.8, 4) is 0 Å². The molecule has 1 unspecified atom stereocenters. The molecule has 0 aliphatic heterocycles. The van der Waals surface area contributed by atoms with Gasteiger partial charge in [-0.2, -0.15) is 0 Å². The quantitative estimate of drug-likeness (QED) is 0.474. The van der Waals surface area contributed by atoms with E-state index in [0.29, 0.717) is 5.04 Å². The summed E-state index contributed by atoms with van der Waals surface area (Å²) in [5.41, 5.74) is 0. The van der Waals surface area contributed by atoms with E-state index < -0.39 is 14.2 Å². The SMILES string of the molecule is CC(C)(C)[Si](C)(C)c1cc(Br)c(C(O)c2cc3sccc3s2)[se]1. The van der Waals surface area contributed by atoms with Crippen molar-refractivity contribution in [2.24, 2.45) is 0 Å². The monoisotopic (exact) mass is 492 g/mol. The molecule has 1 N–H and O–H groups in total. The molecule has 124 valence electrons. The van der Waals surface area contributed by atoms with Gasteiger partial charge < -0.3 is 0 Å². The van der Waals surface area contributed by atoms with E-state index in [1.54, 1.807) is 26.7 Å². The van der Waals surface area contributed by atoms with Crippen molar-refractivity contribution in [1.82, 2.24) is 0 Å². The van der Waals surface area contributed by atoms with Gasteiger partial charge in [-0.3, -0.25) is 0 Å². The Kier molecular flexibility index (Phi) is 4.91. The maximum atomic E-state index is 10.9. The number of hydrogen-bond acceptors (Lipinski definition) is 3. The van der Waals surface area contributed by atoms with Crippen LogP contribution in [0.3, 0.4) is 0 Å². The van der Waals surface area contributed by atoms with Crippen LogP contribution in [-0.2, 0) is 0 Å². The van der Waals surface area contributed by atoms with E-state index in [-0.39, 0.29) is 14.5 Å². The van der Waals surface area contributed by atoms with Crippen LogP contribution in [0.4, 0.5) is 0 Å². The van der Waals surface area contributed by atoms with E-state index in [4.69, 9.17) is 0 Å². The molecule has 0 saturated heterocycles. The van der Waals surface area contributed by atoms with Gasteiger partial charge in [0.25, 0.3) is 0 Å². The Bertz CT molecular complexity index is 812. The number of fused-ring (bicyclic) bond motifs is 1. The fourth-order valence-corrected chi connectivity index (χ4v) is 13.3. The summed E-state index contributed by atoms with van der Waals surface area (Å²) in [6.07, 6.45) is -0.465. The van der Waals surface area contributed by atoms with Gasteiger partial charge in [0, 0.05) is 0 Å². The molecule has 0 fully saturated rings. The van der Waals surface area contributed by atoms with Gasteiger partial charge in [0.2, 0.25) is 0 Å². The predicted molar refractivity (Wildman–Crippen MR) is 112 cm³/mol. The molecule has 0 bridgehead atoms. The van der Waals surface area contributed by atoms with Crippen LogP contribution < -0.4 is 4.06 Å². The maximum absolute atomic E-state index is 10.9. The third-order valence-corrected chi connectivity index (χ3v) is 19.2. The molecule has 0 aromatic carbocycles. The third kappa shape index (κ3) is 3.24. The number of rotatable bonds is 3. The number of aliphatic hydroxyl groups excluding tert-OH is 1. The molecule has 1 atom stereocenters. The van der Waals surface area contributed by atoms with Gasteiger partial charge in [0.15, 0.2) is 0 Å². The van der Waals surface area contributed by atoms with Gasteiger partial charge in [0.05, 0.1) is 0 Å². The zero-order valence-corrected chi connectivity index (χ0v) is 19.9. The van der Waals surface area contributed by atoms with E-state index in [9.17, 15) is 5.11 Å². The second-order valence-corrected chi connectivity index (χ2v) is 18.7. The number of halogens is 1. The fraction of sp³-hybridized carbons (Fsp3) is 0.412. The Morgan fingerprint density at radius 2 is 1.91 bits per heavy atom. The second kappa shape index (κ2) is 6.24. The van der Waals surface area contributed by atoms with Crippen molar-refractivity contribution >= 4 is 74.6 Å². The van der Waals surface area contributed by atoms with Crippen LogP contribution in [0.25, 0.3) is 9.40 Å². The molecule has 0 amide bonds. The summed E-state index contributed by atoms with van der Waals surface area (Å²) in [5.74, 6) is 0. The van der Waals surface area contributed by atoms with Crippen molar-refractivity contribution in [2.45, 2.75) is 45.0 Å². The first-order valence-corrected chi connectivity index (χ1v) is 14.8. The molecule has 3 aromatic heterocycles. The molecule has 6 heteroatoms. The molecule has 3 heterocycles. The summed E-state index contributed by atoms with van der Waals surface area (Å²) in [6.45, 7) is 12.0. The van der Waals surface area contributed by atoms with Crippen LogP contribution in [0, 0.1) is 0 Å². The molecule has 0 radical (unpaired) electrons. The Labute approximate surface area is 161 Å². The standard InChI is InChI=1S/C17H21BrOS2SeSi/c1-17(2,3)23(4,5)14-8-10(18)16(22-14)15(19)13-9-12-11(21-13)6-7-20-12/h6-9,15,19H,1-5H3. The van der Waals surface area contributed by atoms with Gasteiger partial charge in [-0.05, 0) is 0 Å². The summed E-state index contributed by atoms with van der Waals surface area (Å²) in [6, 6.07) is 6.61. The van der Waals surface area contributed by atoms with Crippen LogP contribution in [0.1, 0.15) is 36.2 Å². The van der Waals surface area contributed by atoms with E-state index in [1.165, 1.54) is 13.8 Å². The average Bonchev–Trinajstić information content (AvgIpc) is 3.09. The van der Waals surface area contributed by atoms with Crippen molar-refractivity contribution in [3.63, 3.8) is 0 Å². The zero-order chi connectivity index (χ0) is 17.0. The topological polar surface area (TPSA) is 20.2 Å². The number of hydrogen-bond donors (Lipinski definition) is 1. The van der Waals surface area contributed by atoms with Crippen molar-refractivity contribution in [2.75, 3.05) is 0 Å². The van der Waals surface area contributed by atoms with Crippen LogP contribution in [0.15, 0.2) is 28.1 Å². The van der Waals surface area contributed by atoms with E-state index in [0.717, 1.165) is 9.35 Å². The number of thiophene rings is 2. The molecular formula is C17H21BrOS2SeSi. The molecule has 1 nitrogen and oxygen atoms in total. The minimum absolute atomic E-state index is 0.249. The van der Waals surface area contributed by atoms with Crippen LogP contribution in [0.2, 0.25) is 18.1 Å². The van der Waals surface area contributed by atoms with Crippen molar-refractivity contribution in [3.05, 3.63) is 37.4 Å². The Morgan fingerprint density at radius 3 is 2.52 bits per heavy atom. The van der Waals surface area contributed by atoms with Crippen molar-refractivity contribution < 1.29 is 5.11 Å². The van der Waals surface area contributed by atoms with E-state index in [1.807, 2.05) is 0 Å². The zero-order valence-electron chi connectivity index (χ0n) is 13.9. The minimum atomic E-state index is -1.51. The predicted octanol–water partition coefficient (Wildman–Crippen LogP) is 5.58. The van der Waals surface area contributed by atoms with Gasteiger partial charge >= 0.3 is 162 Å². The first-order valence-electron chi connectivity index (χ1n) is 7.56. The summed E-state index contributed by atoms with van der Waals surface area (Å²) in [7, 11) is -1.51. The van der Waals surface area contributed by atoms with Crippen LogP contribution in [-0.4, -0.2) is 27.7 Å². The Hall–Kier alpha value is 0.316. The Morgan fingerprint density at radius 1 is 1.22 bits per heavy atom. The van der Waals surface area contributed by atoms with Crippen molar-refractivity contribution in [1.29, 1.82) is 0 Å². The molecule has 0 saturated carbocycles. The second-order valence-electron chi connectivity index (χ2n) is 7.40. The first-order chi connectivity index (χ1) is 10.6. The molecule has 0 aliphatic rings. The summed E-state index contributed by atoms with van der Waals surface area (Å²) in [5, 5.41) is 13.4. The fourth-order valence-electron chi connectivity index (χ4n) is 2.30. The normalized spacial score (nSPS) is 14.6. The molecular weight excluding hydrogens is 471 g/mol. The van der Waals surface area contributed by atoms with E-state index >= 15 is 0 Å². The Balaban J connectivity index is 1.99. The summed E-state index contributed by atoms with van der Waals surface area (Å²) < 4.78 is 6.46. The molecule has 3 rings (SSSR count). The number of aliphatic hydroxyl groups is 1. The van der Waals surface area contributed by atoms with Gasteiger partial charge in [0.1, 0.15) is 0 Å². The van der Waals surface area contributed by atoms with Crippen LogP contribution in [0.5, 0.6) is 0 Å². The summed E-state index contributed by atoms with van der Waals surface area (Å²) in [4.78, 5) is 1.07. The summed E-state index contributed by atoms with van der Waals surface area (Å²) >= 11 is 7.44. The van der Waals surface area contributed by atoms with Gasteiger partial charge in [-0.15, -0.1) is 0 Å².